The van der Waals surface area contributed by atoms with Crippen molar-refractivity contribution in [3.05, 3.63) is 46.5 Å². The highest BCUT2D eigenvalue weighted by Gasteiger charge is 2.39. The third-order valence-corrected chi connectivity index (χ3v) is 4.37. The Labute approximate surface area is 129 Å². The standard InChI is InChI=1S/C14H8O8S/c15-6-3-1-2-5-9(6)14(19)11-10(12(5)17)8(23(20,21)22)4-7(16)13(11)18/h1-4,15-16,18H,(H,20,21,22). The van der Waals surface area contributed by atoms with Gasteiger partial charge in [-0.3, -0.25) is 14.1 Å². The fourth-order valence-electron chi connectivity index (χ4n) is 2.51. The molecule has 8 nitrogen and oxygen atoms in total. The van der Waals surface area contributed by atoms with Gasteiger partial charge in [-0.2, -0.15) is 8.42 Å². The van der Waals surface area contributed by atoms with E-state index in [0.717, 1.165) is 6.07 Å². The van der Waals surface area contributed by atoms with Crippen LogP contribution in [0.1, 0.15) is 31.8 Å². The highest BCUT2D eigenvalue weighted by atomic mass is 32.2. The molecular weight excluding hydrogens is 328 g/mol. The summed E-state index contributed by atoms with van der Waals surface area (Å²) >= 11 is 0. The van der Waals surface area contributed by atoms with Crippen LogP contribution in [0.15, 0.2) is 29.2 Å². The van der Waals surface area contributed by atoms with Crippen LogP contribution in [0.3, 0.4) is 0 Å². The first-order valence-electron chi connectivity index (χ1n) is 6.12. The monoisotopic (exact) mass is 336 g/mol. The van der Waals surface area contributed by atoms with Crippen LogP contribution in [-0.2, 0) is 10.1 Å². The molecule has 9 heteroatoms. The molecule has 4 N–H and O–H groups in total. The van der Waals surface area contributed by atoms with Crippen LogP contribution >= 0.6 is 0 Å². The summed E-state index contributed by atoms with van der Waals surface area (Å²) in [6.07, 6.45) is 0. The van der Waals surface area contributed by atoms with E-state index < -0.39 is 60.5 Å². The van der Waals surface area contributed by atoms with Crippen molar-refractivity contribution in [3.8, 4) is 17.2 Å². The number of hydrogen-bond acceptors (Lipinski definition) is 7. The first kappa shape index (κ1) is 15.0. The van der Waals surface area contributed by atoms with E-state index in [-0.39, 0.29) is 5.56 Å². The van der Waals surface area contributed by atoms with Gasteiger partial charge in [0.15, 0.2) is 17.3 Å². The molecule has 0 heterocycles. The van der Waals surface area contributed by atoms with Crippen LogP contribution in [0.2, 0.25) is 0 Å². The predicted octanol–water partition coefficient (Wildman–Crippen LogP) is 0.825. The molecule has 0 aromatic heterocycles. The largest absolute Gasteiger partial charge is 0.507 e. The number of rotatable bonds is 1. The Morgan fingerprint density at radius 1 is 0.826 bits per heavy atom. The highest BCUT2D eigenvalue weighted by molar-refractivity contribution is 7.86. The van der Waals surface area contributed by atoms with Gasteiger partial charge in [0.2, 0.25) is 5.78 Å². The van der Waals surface area contributed by atoms with Gasteiger partial charge in [0.05, 0.1) is 16.7 Å². The number of phenols is 3. The van der Waals surface area contributed by atoms with Gasteiger partial charge >= 0.3 is 0 Å². The maximum Gasteiger partial charge on any atom is 0.295 e. The fraction of sp³-hybridized carbons (Fsp3) is 0. The molecular formula is C14H8O8S. The van der Waals surface area contributed by atoms with E-state index in [4.69, 9.17) is 0 Å². The molecule has 0 fully saturated rings. The minimum atomic E-state index is -4.96. The van der Waals surface area contributed by atoms with E-state index in [1.165, 1.54) is 12.1 Å². The molecule has 2 aromatic carbocycles. The Hall–Kier alpha value is -2.91. The molecule has 0 aliphatic heterocycles. The van der Waals surface area contributed by atoms with Gasteiger partial charge in [0.1, 0.15) is 10.6 Å². The third-order valence-electron chi connectivity index (χ3n) is 3.49. The molecule has 118 valence electrons. The average molecular weight is 336 g/mol. The minimum Gasteiger partial charge on any atom is -0.507 e. The van der Waals surface area contributed by atoms with Gasteiger partial charge in [-0.25, -0.2) is 0 Å². The second kappa shape index (κ2) is 4.54. The lowest BCUT2D eigenvalue weighted by molar-refractivity contribution is 0.0971. The Bertz CT molecular complexity index is 1000. The molecule has 0 unspecified atom stereocenters. The molecule has 3 rings (SSSR count). The fourth-order valence-corrected chi connectivity index (χ4v) is 3.23. The number of ketones is 2. The topological polar surface area (TPSA) is 149 Å². The zero-order chi connectivity index (χ0) is 17.1. The van der Waals surface area contributed by atoms with E-state index in [1.54, 1.807) is 0 Å². The van der Waals surface area contributed by atoms with Crippen molar-refractivity contribution in [2.75, 3.05) is 0 Å². The maximum absolute atomic E-state index is 12.5. The lowest BCUT2D eigenvalue weighted by atomic mass is 9.83. The van der Waals surface area contributed by atoms with Crippen LogP contribution in [0.25, 0.3) is 0 Å². The van der Waals surface area contributed by atoms with Crippen molar-refractivity contribution in [2.45, 2.75) is 4.90 Å². The molecule has 1 aliphatic carbocycles. The normalized spacial score (nSPS) is 13.6. The van der Waals surface area contributed by atoms with Crippen molar-refractivity contribution in [2.24, 2.45) is 0 Å². The third kappa shape index (κ3) is 1.98. The van der Waals surface area contributed by atoms with Gasteiger partial charge in [0.25, 0.3) is 10.1 Å². The lowest BCUT2D eigenvalue weighted by Crippen LogP contribution is -2.24. The van der Waals surface area contributed by atoms with E-state index in [0.29, 0.717) is 6.07 Å². The number of hydrogen-bond donors (Lipinski definition) is 4. The quantitative estimate of drug-likeness (QED) is 0.377. The zero-order valence-corrected chi connectivity index (χ0v) is 12.0. The van der Waals surface area contributed by atoms with Gasteiger partial charge in [-0.05, 0) is 6.07 Å². The van der Waals surface area contributed by atoms with Crippen LogP contribution in [-0.4, -0.2) is 39.9 Å². The van der Waals surface area contributed by atoms with Crippen molar-refractivity contribution < 1.29 is 37.9 Å². The van der Waals surface area contributed by atoms with Crippen molar-refractivity contribution in [1.29, 1.82) is 0 Å². The van der Waals surface area contributed by atoms with Gasteiger partial charge < -0.3 is 15.3 Å². The SMILES string of the molecule is O=C1c2cccc(O)c2C(=O)c2c(O)c(O)cc(S(=O)(=O)O)c21. The number of benzene rings is 2. The average Bonchev–Trinajstić information content (AvgIpc) is 2.45. The molecule has 0 amide bonds. The van der Waals surface area contributed by atoms with Crippen LogP contribution in [0, 0.1) is 0 Å². The Balaban J connectivity index is 2.51. The van der Waals surface area contributed by atoms with Gasteiger partial charge in [-0.15, -0.1) is 0 Å². The minimum absolute atomic E-state index is 0.280. The Morgan fingerprint density at radius 3 is 2.09 bits per heavy atom. The van der Waals surface area contributed by atoms with Crippen LogP contribution < -0.4 is 0 Å². The number of aromatic hydroxyl groups is 3. The predicted molar refractivity (Wildman–Crippen MR) is 74.6 cm³/mol. The molecule has 0 saturated carbocycles. The second-order valence-electron chi connectivity index (χ2n) is 4.83. The molecule has 0 saturated heterocycles. The maximum atomic E-state index is 12.5. The molecule has 0 spiro atoms. The number of phenolic OH excluding ortho intramolecular Hbond substituents is 3. The lowest BCUT2D eigenvalue weighted by Gasteiger charge is -2.21. The summed E-state index contributed by atoms with van der Waals surface area (Å²) in [6.45, 7) is 0. The highest BCUT2D eigenvalue weighted by Crippen LogP contribution is 2.43. The van der Waals surface area contributed by atoms with Crippen molar-refractivity contribution >= 4 is 21.7 Å². The molecule has 2 aromatic rings. The first-order valence-corrected chi connectivity index (χ1v) is 7.56. The molecule has 0 atom stereocenters. The van der Waals surface area contributed by atoms with E-state index >= 15 is 0 Å². The summed E-state index contributed by atoms with van der Waals surface area (Å²) in [5.41, 5.74) is -2.26. The molecule has 0 radical (unpaired) electrons. The van der Waals surface area contributed by atoms with Gasteiger partial charge in [-0.1, -0.05) is 12.1 Å². The summed E-state index contributed by atoms with van der Waals surface area (Å²) in [4.78, 5) is 24.0. The molecule has 23 heavy (non-hydrogen) atoms. The first-order chi connectivity index (χ1) is 10.6. The summed E-state index contributed by atoms with van der Waals surface area (Å²) in [5, 5.41) is 29.2. The number of carbonyl (C=O) groups is 2. The number of carbonyl (C=O) groups excluding carboxylic acids is 2. The second-order valence-corrected chi connectivity index (χ2v) is 6.22. The van der Waals surface area contributed by atoms with Crippen LogP contribution in [0.4, 0.5) is 0 Å². The van der Waals surface area contributed by atoms with E-state index in [2.05, 4.69) is 0 Å². The van der Waals surface area contributed by atoms with Crippen molar-refractivity contribution in [1.82, 2.24) is 0 Å². The molecule has 1 aliphatic rings. The Kier molecular flexibility index (Phi) is 2.96. The van der Waals surface area contributed by atoms with E-state index in [1.807, 2.05) is 0 Å². The zero-order valence-electron chi connectivity index (χ0n) is 11.1. The molecule has 0 bridgehead atoms. The van der Waals surface area contributed by atoms with E-state index in [9.17, 15) is 37.9 Å². The van der Waals surface area contributed by atoms with Gasteiger partial charge in [0, 0.05) is 11.6 Å². The number of fused-ring (bicyclic) bond motifs is 2. The summed E-state index contributed by atoms with van der Waals surface area (Å²) in [5.74, 6) is -4.60. The summed E-state index contributed by atoms with van der Waals surface area (Å²) in [7, 11) is -4.96. The Morgan fingerprint density at radius 2 is 1.48 bits per heavy atom. The van der Waals surface area contributed by atoms with Crippen LogP contribution in [0.5, 0.6) is 17.2 Å². The summed E-state index contributed by atoms with van der Waals surface area (Å²) in [6, 6.07) is 4.08. The summed E-state index contributed by atoms with van der Waals surface area (Å²) < 4.78 is 32.1. The van der Waals surface area contributed by atoms with Crippen molar-refractivity contribution in [3.63, 3.8) is 0 Å². The smallest absolute Gasteiger partial charge is 0.295 e.